The zero-order valence-electron chi connectivity index (χ0n) is 13.7. The van der Waals surface area contributed by atoms with Crippen LogP contribution in [0.15, 0.2) is 48.5 Å². The van der Waals surface area contributed by atoms with Crippen LogP contribution in [0.2, 0.25) is 0 Å². The lowest BCUT2D eigenvalue weighted by atomic mass is 10.1. The molecule has 0 fully saturated rings. The predicted octanol–water partition coefficient (Wildman–Crippen LogP) is 3.13. The first kappa shape index (κ1) is 15.4. The highest BCUT2D eigenvalue weighted by atomic mass is 15.4. The molecule has 0 amide bonds. The van der Waals surface area contributed by atoms with E-state index in [1.165, 1.54) is 16.7 Å². The SMILES string of the molecule is Cc1ccc(CCc2c(CN)nnn2-c2ccc(C)cc2)cc1. The van der Waals surface area contributed by atoms with Crippen molar-refractivity contribution in [1.82, 2.24) is 15.0 Å². The summed E-state index contributed by atoms with van der Waals surface area (Å²) in [5.41, 5.74) is 12.7. The van der Waals surface area contributed by atoms with Gasteiger partial charge in [0.15, 0.2) is 0 Å². The third-order valence-electron chi connectivity index (χ3n) is 4.09. The van der Waals surface area contributed by atoms with Crippen LogP contribution < -0.4 is 5.73 Å². The Morgan fingerprint density at radius 2 is 1.48 bits per heavy atom. The van der Waals surface area contributed by atoms with Crippen LogP contribution in [0.3, 0.4) is 0 Å². The Kier molecular flexibility index (Phi) is 4.53. The van der Waals surface area contributed by atoms with Gasteiger partial charge in [-0.05, 0) is 44.4 Å². The maximum Gasteiger partial charge on any atom is 0.0999 e. The van der Waals surface area contributed by atoms with Crippen molar-refractivity contribution in [3.63, 3.8) is 0 Å². The van der Waals surface area contributed by atoms with Gasteiger partial charge in [0, 0.05) is 6.54 Å². The van der Waals surface area contributed by atoms with E-state index in [9.17, 15) is 0 Å². The summed E-state index contributed by atoms with van der Waals surface area (Å²) in [6, 6.07) is 17.0. The molecule has 0 bridgehead atoms. The first-order valence-corrected chi connectivity index (χ1v) is 7.93. The van der Waals surface area contributed by atoms with Crippen LogP contribution in [0.25, 0.3) is 5.69 Å². The minimum absolute atomic E-state index is 0.412. The minimum atomic E-state index is 0.412. The molecule has 4 heteroatoms. The van der Waals surface area contributed by atoms with Gasteiger partial charge in [0.05, 0.1) is 17.1 Å². The average Bonchev–Trinajstić information content (AvgIpc) is 2.98. The molecule has 2 N–H and O–H groups in total. The van der Waals surface area contributed by atoms with Crippen molar-refractivity contribution in [2.75, 3.05) is 0 Å². The molecular formula is C19H22N4. The van der Waals surface area contributed by atoms with Crippen molar-refractivity contribution in [1.29, 1.82) is 0 Å². The molecule has 0 aliphatic heterocycles. The van der Waals surface area contributed by atoms with Crippen LogP contribution in [-0.4, -0.2) is 15.0 Å². The molecule has 1 heterocycles. The Bertz CT molecular complexity index is 770. The van der Waals surface area contributed by atoms with Crippen LogP contribution in [0.5, 0.6) is 0 Å². The molecule has 0 aliphatic rings. The molecule has 118 valence electrons. The van der Waals surface area contributed by atoms with E-state index in [4.69, 9.17) is 5.73 Å². The monoisotopic (exact) mass is 306 g/mol. The quantitative estimate of drug-likeness (QED) is 0.788. The number of aromatic nitrogens is 3. The van der Waals surface area contributed by atoms with Gasteiger partial charge in [-0.25, -0.2) is 4.68 Å². The van der Waals surface area contributed by atoms with Crippen LogP contribution in [0.1, 0.15) is 28.1 Å². The highest BCUT2D eigenvalue weighted by Gasteiger charge is 2.13. The van der Waals surface area contributed by atoms with Crippen molar-refractivity contribution < 1.29 is 0 Å². The molecule has 0 unspecified atom stereocenters. The van der Waals surface area contributed by atoms with E-state index >= 15 is 0 Å². The number of hydrogen-bond donors (Lipinski definition) is 1. The van der Waals surface area contributed by atoms with Gasteiger partial charge >= 0.3 is 0 Å². The Balaban J connectivity index is 1.86. The van der Waals surface area contributed by atoms with Gasteiger partial charge in [-0.3, -0.25) is 0 Å². The summed E-state index contributed by atoms with van der Waals surface area (Å²) in [7, 11) is 0. The van der Waals surface area contributed by atoms with E-state index in [0.29, 0.717) is 6.54 Å². The molecule has 0 radical (unpaired) electrons. The number of hydrogen-bond acceptors (Lipinski definition) is 3. The average molecular weight is 306 g/mol. The van der Waals surface area contributed by atoms with Crippen molar-refractivity contribution in [2.45, 2.75) is 33.2 Å². The summed E-state index contributed by atoms with van der Waals surface area (Å²) in [6.45, 7) is 4.59. The summed E-state index contributed by atoms with van der Waals surface area (Å²) >= 11 is 0. The lowest BCUT2D eigenvalue weighted by Gasteiger charge is -2.08. The van der Waals surface area contributed by atoms with Gasteiger partial charge in [-0.2, -0.15) is 0 Å². The van der Waals surface area contributed by atoms with Gasteiger partial charge in [-0.15, -0.1) is 5.10 Å². The Morgan fingerprint density at radius 1 is 0.870 bits per heavy atom. The highest BCUT2D eigenvalue weighted by Crippen LogP contribution is 2.16. The maximum atomic E-state index is 5.84. The second-order valence-electron chi connectivity index (χ2n) is 5.92. The number of nitrogens with zero attached hydrogens (tertiary/aromatic N) is 3. The molecule has 0 saturated heterocycles. The van der Waals surface area contributed by atoms with E-state index in [-0.39, 0.29) is 0 Å². The van der Waals surface area contributed by atoms with E-state index < -0.39 is 0 Å². The minimum Gasteiger partial charge on any atom is -0.325 e. The molecule has 0 atom stereocenters. The highest BCUT2D eigenvalue weighted by molar-refractivity contribution is 5.36. The Labute approximate surface area is 137 Å². The third-order valence-corrected chi connectivity index (χ3v) is 4.09. The normalized spacial score (nSPS) is 10.9. The largest absolute Gasteiger partial charge is 0.325 e. The van der Waals surface area contributed by atoms with Gasteiger partial charge in [-0.1, -0.05) is 52.7 Å². The number of benzene rings is 2. The van der Waals surface area contributed by atoms with Crippen molar-refractivity contribution in [3.8, 4) is 5.69 Å². The Morgan fingerprint density at radius 3 is 2.09 bits per heavy atom. The summed E-state index contributed by atoms with van der Waals surface area (Å²) in [5, 5.41) is 8.55. The van der Waals surface area contributed by atoms with Crippen LogP contribution >= 0.6 is 0 Å². The predicted molar refractivity (Wildman–Crippen MR) is 92.6 cm³/mol. The second-order valence-corrected chi connectivity index (χ2v) is 5.92. The molecule has 3 rings (SSSR count). The lowest BCUT2D eigenvalue weighted by Crippen LogP contribution is -2.07. The van der Waals surface area contributed by atoms with Gasteiger partial charge in [0.25, 0.3) is 0 Å². The molecular weight excluding hydrogens is 284 g/mol. The summed E-state index contributed by atoms with van der Waals surface area (Å²) < 4.78 is 1.91. The van der Waals surface area contributed by atoms with E-state index in [1.807, 2.05) is 4.68 Å². The molecule has 3 aromatic rings. The topological polar surface area (TPSA) is 56.7 Å². The fourth-order valence-electron chi connectivity index (χ4n) is 2.65. The smallest absolute Gasteiger partial charge is 0.0999 e. The van der Waals surface area contributed by atoms with E-state index in [2.05, 4.69) is 72.7 Å². The Hall–Kier alpha value is -2.46. The van der Waals surface area contributed by atoms with Gasteiger partial charge in [0.2, 0.25) is 0 Å². The molecule has 23 heavy (non-hydrogen) atoms. The molecule has 2 aromatic carbocycles. The zero-order chi connectivity index (χ0) is 16.2. The van der Waals surface area contributed by atoms with E-state index in [1.54, 1.807) is 0 Å². The number of aryl methyl sites for hydroxylation is 3. The summed E-state index contributed by atoms with van der Waals surface area (Å²) in [6.07, 6.45) is 1.82. The molecule has 4 nitrogen and oxygen atoms in total. The van der Waals surface area contributed by atoms with Crippen molar-refractivity contribution in [2.24, 2.45) is 5.73 Å². The van der Waals surface area contributed by atoms with Gasteiger partial charge < -0.3 is 5.73 Å². The van der Waals surface area contributed by atoms with Crippen molar-refractivity contribution in [3.05, 3.63) is 76.6 Å². The van der Waals surface area contributed by atoms with Crippen LogP contribution in [0, 0.1) is 13.8 Å². The molecule has 1 aromatic heterocycles. The zero-order valence-corrected chi connectivity index (χ0v) is 13.7. The molecule has 0 saturated carbocycles. The molecule has 0 spiro atoms. The maximum absolute atomic E-state index is 5.84. The fourth-order valence-corrected chi connectivity index (χ4v) is 2.65. The van der Waals surface area contributed by atoms with Crippen LogP contribution in [-0.2, 0) is 19.4 Å². The first-order chi connectivity index (χ1) is 11.2. The van der Waals surface area contributed by atoms with Crippen molar-refractivity contribution >= 4 is 0 Å². The van der Waals surface area contributed by atoms with Gasteiger partial charge in [0.1, 0.15) is 0 Å². The second kappa shape index (κ2) is 6.75. The third kappa shape index (κ3) is 3.48. The molecule has 0 aliphatic carbocycles. The lowest BCUT2D eigenvalue weighted by molar-refractivity contribution is 0.751. The standard InChI is InChI=1S/C19H22N4/c1-14-3-7-16(8-4-14)9-12-19-18(13-20)21-22-23(19)17-10-5-15(2)6-11-17/h3-8,10-11H,9,12-13,20H2,1-2H3. The number of nitrogens with two attached hydrogens (primary N) is 1. The fraction of sp³-hybridized carbons (Fsp3) is 0.263. The summed E-state index contributed by atoms with van der Waals surface area (Å²) in [5.74, 6) is 0. The first-order valence-electron chi connectivity index (χ1n) is 7.93. The van der Waals surface area contributed by atoms with Crippen LogP contribution in [0.4, 0.5) is 0 Å². The summed E-state index contributed by atoms with van der Waals surface area (Å²) in [4.78, 5) is 0. The number of rotatable bonds is 5. The van der Waals surface area contributed by atoms with E-state index in [0.717, 1.165) is 29.9 Å².